The van der Waals surface area contributed by atoms with Gasteiger partial charge in [0, 0.05) is 44.9 Å². The molecule has 1 aliphatic rings. The molecule has 0 bridgehead atoms. The smallest absolute Gasteiger partial charge is 0.224 e. The van der Waals surface area contributed by atoms with Gasteiger partial charge in [0.05, 0.1) is 6.61 Å². The van der Waals surface area contributed by atoms with Crippen molar-refractivity contribution in [2.75, 3.05) is 37.7 Å². The maximum Gasteiger partial charge on any atom is 0.224 e. The lowest BCUT2D eigenvalue weighted by atomic mass is 9.91. The monoisotopic (exact) mass is 304 g/mol. The maximum atomic E-state index is 12.2. The molecule has 0 radical (unpaired) electrons. The quantitative estimate of drug-likeness (QED) is 0.758. The number of rotatable bonds is 6. The van der Waals surface area contributed by atoms with Gasteiger partial charge in [-0.2, -0.15) is 0 Å². The fourth-order valence-corrected chi connectivity index (χ4v) is 3.34. The highest BCUT2D eigenvalue weighted by molar-refractivity contribution is 5.92. The lowest BCUT2D eigenvalue weighted by Crippen LogP contribution is -2.52. The van der Waals surface area contributed by atoms with Gasteiger partial charge in [-0.25, -0.2) is 0 Å². The first-order chi connectivity index (χ1) is 10.6. The number of benzene rings is 1. The van der Waals surface area contributed by atoms with Crippen molar-refractivity contribution in [3.05, 3.63) is 30.3 Å². The third-order valence-corrected chi connectivity index (χ3v) is 4.41. The van der Waals surface area contributed by atoms with Crippen LogP contribution in [0.1, 0.15) is 27.2 Å². The van der Waals surface area contributed by atoms with Crippen LogP contribution < -0.4 is 4.90 Å². The van der Waals surface area contributed by atoms with Crippen LogP contribution >= 0.6 is 0 Å². The summed E-state index contributed by atoms with van der Waals surface area (Å²) in [6.07, 6.45) is 1.02. The van der Waals surface area contributed by atoms with E-state index in [-0.39, 0.29) is 11.9 Å². The number of piperidine rings is 1. The molecule has 1 aromatic carbocycles. The summed E-state index contributed by atoms with van der Waals surface area (Å²) in [4.78, 5) is 16.6. The van der Waals surface area contributed by atoms with Crippen LogP contribution in [0, 0.1) is 5.92 Å². The second-order valence-corrected chi connectivity index (χ2v) is 6.06. The Kier molecular flexibility index (Phi) is 6.40. The molecule has 1 amide bonds. The average Bonchev–Trinajstić information content (AvgIpc) is 2.51. The van der Waals surface area contributed by atoms with Gasteiger partial charge in [0.1, 0.15) is 0 Å². The molecule has 4 heteroatoms. The molecule has 0 saturated carbocycles. The minimum absolute atomic E-state index is 0.130. The number of ether oxygens (including phenoxy) is 1. The zero-order valence-electron chi connectivity index (χ0n) is 14.0. The molecule has 0 aliphatic carbocycles. The lowest BCUT2D eigenvalue weighted by Gasteiger charge is -2.42. The molecular weight excluding hydrogens is 276 g/mol. The van der Waals surface area contributed by atoms with Gasteiger partial charge in [0.25, 0.3) is 0 Å². The predicted octanol–water partition coefficient (Wildman–Crippen LogP) is 2.79. The first-order valence-electron chi connectivity index (χ1n) is 8.28. The van der Waals surface area contributed by atoms with Crippen LogP contribution in [0.2, 0.25) is 0 Å². The number of carbonyl (C=O) groups is 1. The summed E-state index contributed by atoms with van der Waals surface area (Å²) >= 11 is 0. The van der Waals surface area contributed by atoms with Crippen LogP contribution in [0.5, 0.6) is 0 Å². The Morgan fingerprint density at radius 3 is 2.68 bits per heavy atom. The molecule has 2 atom stereocenters. The van der Waals surface area contributed by atoms with Crippen molar-refractivity contribution >= 4 is 11.6 Å². The van der Waals surface area contributed by atoms with Gasteiger partial charge in [-0.15, -0.1) is 0 Å². The van der Waals surface area contributed by atoms with Crippen molar-refractivity contribution in [2.45, 2.75) is 33.2 Å². The highest BCUT2D eigenvalue weighted by Crippen LogP contribution is 2.27. The van der Waals surface area contributed by atoms with E-state index >= 15 is 0 Å². The number of para-hydroxylation sites is 1. The average molecular weight is 304 g/mol. The summed E-state index contributed by atoms with van der Waals surface area (Å²) in [5.41, 5.74) is 1.01. The van der Waals surface area contributed by atoms with Gasteiger partial charge < -0.3 is 14.5 Å². The standard InChI is InChI=1S/C18H28N2O2/c1-4-22-13-12-19-11-10-18(15(2)14-19)20(16(3)21)17-8-6-5-7-9-17/h5-9,15,18H,4,10-14H2,1-3H3. The summed E-state index contributed by atoms with van der Waals surface area (Å²) in [7, 11) is 0. The number of anilines is 1. The Bertz CT molecular complexity index is 463. The Morgan fingerprint density at radius 2 is 2.09 bits per heavy atom. The minimum Gasteiger partial charge on any atom is -0.380 e. The van der Waals surface area contributed by atoms with Crippen LogP contribution in [0.4, 0.5) is 5.69 Å². The lowest BCUT2D eigenvalue weighted by molar-refractivity contribution is -0.117. The first kappa shape index (κ1) is 17.0. The summed E-state index contributed by atoms with van der Waals surface area (Å²) in [5, 5.41) is 0. The zero-order chi connectivity index (χ0) is 15.9. The van der Waals surface area contributed by atoms with Gasteiger partial charge in [-0.05, 0) is 31.4 Å². The molecule has 0 N–H and O–H groups in total. The number of likely N-dealkylation sites (tertiary alicyclic amines) is 1. The molecule has 1 aromatic rings. The van der Waals surface area contributed by atoms with Crippen LogP contribution in [-0.4, -0.2) is 49.7 Å². The van der Waals surface area contributed by atoms with Crippen LogP contribution in [0.15, 0.2) is 30.3 Å². The Morgan fingerprint density at radius 1 is 1.36 bits per heavy atom. The normalized spacial score (nSPS) is 22.5. The summed E-state index contributed by atoms with van der Waals surface area (Å²) < 4.78 is 5.45. The zero-order valence-corrected chi connectivity index (χ0v) is 14.0. The van der Waals surface area contributed by atoms with Gasteiger partial charge in [-0.1, -0.05) is 25.1 Å². The van der Waals surface area contributed by atoms with E-state index in [0.29, 0.717) is 5.92 Å². The van der Waals surface area contributed by atoms with E-state index in [1.54, 1.807) is 6.92 Å². The number of nitrogens with zero attached hydrogens (tertiary/aromatic N) is 2. The molecule has 0 spiro atoms. The second-order valence-electron chi connectivity index (χ2n) is 6.06. The Labute approximate surface area is 134 Å². The number of hydrogen-bond acceptors (Lipinski definition) is 3. The molecule has 2 rings (SSSR count). The summed E-state index contributed by atoms with van der Waals surface area (Å²) in [5.74, 6) is 0.588. The highest BCUT2D eigenvalue weighted by Gasteiger charge is 2.32. The molecule has 0 aromatic heterocycles. The molecule has 4 nitrogen and oxygen atoms in total. The van der Waals surface area contributed by atoms with Crippen LogP contribution in [0.25, 0.3) is 0 Å². The SMILES string of the molecule is CCOCCN1CCC(N(C(C)=O)c2ccccc2)C(C)C1. The number of carbonyl (C=O) groups excluding carboxylic acids is 1. The van der Waals surface area contributed by atoms with Crippen molar-refractivity contribution < 1.29 is 9.53 Å². The number of amides is 1. The first-order valence-corrected chi connectivity index (χ1v) is 8.28. The van der Waals surface area contributed by atoms with E-state index in [4.69, 9.17) is 4.74 Å². The predicted molar refractivity (Wildman–Crippen MR) is 90.1 cm³/mol. The molecular formula is C18H28N2O2. The molecule has 22 heavy (non-hydrogen) atoms. The van der Waals surface area contributed by atoms with Crippen LogP contribution in [-0.2, 0) is 9.53 Å². The topological polar surface area (TPSA) is 32.8 Å². The minimum atomic E-state index is 0.130. The van der Waals surface area contributed by atoms with Crippen molar-refractivity contribution in [1.29, 1.82) is 0 Å². The summed E-state index contributed by atoms with van der Waals surface area (Å²) in [6.45, 7) is 10.5. The molecule has 1 fully saturated rings. The van der Waals surface area contributed by atoms with Crippen molar-refractivity contribution in [3.63, 3.8) is 0 Å². The van der Waals surface area contributed by atoms with Crippen LogP contribution in [0.3, 0.4) is 0 Å². The molecule has 1 heterocycles. The maximum absolute atomic E-state index is 12.2. The molecule has 2 unspecified atom stereocenters. The fraction of sp³-hybridized carbons (Fsp3) is 0.611. The Balaban J connectivity index is 2.01. The van der Waals surface area contributed by atoms with Crippen molar-refractivity contribution in [2.24, 2.45) is 5.92 Å². The van der Waals surface area contributed by atoms with Gasteiger partial charge in [0.15, 0.2) is 0 Å². The third kappa shape index (κ3) is 4.31. The van der Waals surface area contributed by atoms with Crippen molar-refractivity contribution in [1.82, 2.24) is 4.90 Å². The van der Waals surface area contributed by atoms with E-state index in [2.05, 4.69) is 11.8 Å². The van der Waals surface area contributed by atoms with E-state index in [9.17, 15) is 4.79 Å². The van der Waals surface area contributed by atoms with Gasteiger partial charge in [0.2, 0.25) is 5.91 Å². The van der Waals surface area contributed by atoms with Crippen molar-refractivity contribution in [3.8, 4) is 0 Å². The highest BCUT2D eigenvalue weighted by atomic mass is 16.5. The molecule has 1 saturated heterocycles. The fourth-order valence-electron chi connectivity index (χ4n) is 3.34. The van der Waals surface area contributed by atoms with Gasteiger partial charge >= 0.3 is 0 Å². The number of hydrogen-bond donors (Lipinski definition) is 0. The van der Waals surface area contributed by atoms with E-state index in [1.165, 1.54) is 0 Å². The van der Waals surface area contributed by atoms with E-state index in [0.717, 1.165) is 45.0 Å². The van der Waals surface area contributed by atoms with E-state index < -0.39 is 0 Å². The summed E-state index contributed by atoms with van der Waals surface area (Å²) in [6, 6.07) is 10.3. The second kappa shape index (κ2) is 8.30. The van der Waals surface area contributed by atoms with Gasteiger partial charge in [-0.3, -0.25) is 4.79 Å². The molecule has 122 valence electrons. The third-order valence-electron chi connectivity index (χ3n) is 4.41. The van der Waals surface area contributed by atoms with E-state index in [1.807, 2.05) is 42.2 Å². The largest absolute Gasteiger partial charge is 0.380 e. The molecule has 1 aliphatic heterocycles. The Hall–Kier alpha value is -1.39.